The molecule has 0 aliphatic rings. The van der Waals surface area contributed by atoms with E-state index >= 15 is 0 Å². The lowest BCUT2D eigenvalue weighted by Gasteiger charge is -2.26. The van der Waals surface area contributed by atoms with E-state index in [1.165, 1.54) is 6.07 Å². The molecular formula is C17H25FN6. The van der Waals surface area contributed by atoms with E-state index < -0.39 is 0 Å². The van der Waals surface area contributed by atoms with E-state index in [4.69, 9.17) is 0 Å². The molecule has 0 amide bonds. The van der Waals surface area contributed by atoms with Crippen molar-refractivity contribution < 1.29 is 4.39 Å². The summed E-state index contributed by atoms with van der Waals surface area (Å²) >= 11 is 0. The average molecular weight is 332 g/mol. The molecule has 2 aromatic rings. The molecule has 1 aromatic heterocycles. The smallest absolute Gasteiger partial charge is 0.191 e. The summed E-state index contributed by atoms with van der Waals surface area (Å²) < 4.78 is 15.4. The first-order valence-corrected chi connectivity index (χ1v) is 7.89. The molecule has 0 aliphatic carbocycles. The molecule has 0 radical (unpaired) electrons. The molecule has 0 fully saturated rings. The zero-order valence-electron chi connectivity index (χ0n) is 14.9. The lowest BCUT2D eigenvalue weighted by Crippen LogP contribution is -2.43. The van der Waals surface area contributed by atoms with Gasteiger partial charge in [-0.1, -0.05) is 26.0 Å². The summed E-state index contributed by atoms with van der Waals surface area (Å²) in [7, 11) is 3.64. The van der Waals surface area contributed by atoms with Gasteiger partial charge in [0, 0.05) is 26.1 Å². The summed E-state index contributed by atoms with van der Waals surface area (Å²) in [6.07, 6.45) is 0. The Bertz CT molecular complexity index is 720. The highest BCUT2D eigenvalue weighted by Gasteiger charge is 2.21. The van der Waals surface area contributed by atoms with Gasteiger partial charge in [-0.3, -0.25) is 4.99 Å². The summed E-state index contributed by atoms with van der Waals surface area (Å²) in [5.74, 6) is 2.14. The molecule has 0 saturated carbocycles. The number of benzene rings is 1. The van der Waals surface area contributed by atoms with Gasteiger partial charge in [0.05, 0.1) is 6.54 Å². The number of aliphatic imine (C=N–C) groups is 1. The zero-order chi connectivity index (χ0) is 17.7. The second-order valence-electron chi connectivity index (χ2n) is 6.40. The third kappa shape index (κ3) is 4.31. The van der Waals surface area contributed by atoms with Gasteiger partial charge in [-0.2, -0.15) is 0 Å². The van der Waals surface area contributed by atoms with Gasteiger partial charge < -0.3 is 15.2 Å². The number of nitrogens with one attached hydrogen (secondary N) is 2. The summed E-state index contributed by atoms with van der Waals surface area (Å²) in [6.45, 7) is 7.18. The number of aromatic nitrogens is 3. The van der Waals surface area contributed by atoms with Crippen LogP contribution in [0.15, 0.2) is 29.3 Å². The summed E-state index contributed by atoms with van der Waals surface area (Å²) in [6, 6.07) is 6.69. The predicted octanol–water partition coefficient (Wildman–Crippen LogP) is 1.91. The second-order valence-corrected chi connectivity index (χ2v) is 6.40. The summed E-state index contributed by atoms with van der Waals surface area (Å²) in [4.78, 5) is 4.22. The molecule has 2 rings (SSSR count). The van der Waals surface area contributed by atoms with Crippen molar-refractivity contribution in [2.75, 3.05) is 13.6 Å². The van der Waals surface area contributed by atoms with Crippen LogP contribution >= 0.6 is 0 Å². The van der Waals surface area contributed by atoms with E-state index in [-0.39, 0.29) is 11.2 Å². The van der Waals surface area contributed by atoms with Gasteiger partial charge in [0.2, 0.25) is 0 Å². The highest BCUT2D eigenvalue weighted by molar-refractivity contribution is 5.79. The van der Waals surface area contributed by atoms with Gasteiger partial charge in [-0.15, -0.1) is 10.2 Å². The number of hydrogen-bond donors (Lipinski definition) is 2. The fourth-order valence-electron chi connectivity index (χ4n) is 2.30. The number of guanidine groups is 1. The van der Waals surface area contributed by atoms with Crippen molar-refractivity contribution in [2.45, 2.75) is 32.7 Å². The van der Waals surface area contributed by atoms with Gasteiger partial charge in [-0.05, 0) is 24.6 Å². The Labute approximate surface area is 142 Å². The number of hydrogen-bond acceptors (Lipinski definition) is 3. The largest absolute Gasteiger partial charge is 0.356 e. The first kappa shape index (κ1) is 17.9. The van der Waals surface area contributed by atoms with Crippen LogP contribution in [0.3, 0.4) is 0 Å². The number of rotatable bonds is 5. The average Bonchev–Trinajstić information content (AvgIpc) is 2.87. The maximum atomic E-state index is 13.4. The maximum Gasteiger partial charge on any atom is 0.191 e. The SMILES string of the molecule is CN=C(NCc1nnc(C)n1C)NCC(C)(C)c1cccc(F)c1. The van der Waals surface area contributed by atoms with Gasteiger partial charge in [0.15, 0.2) is 11.8 Å². The van der Waals surface area contributed by atoms with Crippen LogP contribution < -0.4 is 10.6 Å². The van der Waals surface area contributed by atoms with Crippen LogP contribution in [0.1, 0.15) is 31.1 Å². The van der Waals surface area contributed by atoms with Crippen LogP contribution in [0.5, 0.6) is 0 Å². The van der Waals surface area contributed by atoms with Crippen molar-refractivity contribution in [1.82, 2.24) is 25.4 Å². The second kappa shape index (κ2) is 7.42. The molecule has 0 aliphatic heterocycles. The van der Waals surface area contributed by atoms with Crippen LogP contribution in [0.25, 0.3) is 0 Å². The van der Waals surface area contributed by atoms with E-state index in [0.29, 0.717) is 19.0 Å². The quantitative estimate of drug-likeness (QED) is 0.648. The molecule has 2 N–H and O–H groups in total. The zero-order valence-corrected chi connectivity index (χ0v) is 14.9. The third-order valence-corrected chi connectivity index (χ3v) is 4.12. The van der Waals surface area contributed by atoms with Crippen molar-refractivity contribution in [3.8, 4) is 0 Å². The number of halogens is 1. The molecule has 0 unspecified atom stereocenters. The first-order valence-electron chi connectivity index (χ1n) is 7.89. The first-order chi connectivity index (χ1) is 11.3. The molecule has 6 nitrogen and oxygen atoms in total. The lowest BCUT2D eigenvalue weighted by molar-refractivity contribution is 0.502. The normalized spacial score (nSPS) is 12.3. The van der Waals surface area contributed by atoms with Crippen molar-refractivity contribution in [1.29, 1.82) is 0 Å². The molecule has 7 heteroatoms. The minimum absolute atomic E-state index is 0.222. The van der Waals surface area contributed by atoms with E-state index in [1.54, 1.807) is 19.2 Å². The molecular weight excluding hydrogens is 307 g/mol. The van der Waals surface area contributed by atoms with Gasteiger partial charge in [-0.25, -0.2) is 4.39 Å². The van der Waals surface area contributed by atoms with E-state index in [1.807, 2.05) is 24.6 Å². The molecule has 0 atom stereocenters. The minimum Gasteiger partial charge on any atom is -0.356 e. The van der Waals surface area contributed by atoms with E-state index in [0.717, 1.165) is 17.2 Å². The summed E-state index contributed by atoms with van der Waals surface area (Å²) in [5, 5.41) is 14.6. The highest BCUT2D eigenvalue weighted by Crippen LogP contribution is 2.22. The molecule has 24 heavy (non-hydrogen) atoms. The Morgan fingerprint density at radius 2 is 2.04 bits per heavy atom. The molecule has 1 heterocycles. The van der Waals surface area contributed by atoms with Gasteiger partial charge in [0.1, 0.15) is 11.6 Å². The summed E-state index contributed by atoms with van der Waals surface area (Å²) in [5.41, 5.74) is 0.704. The van der Waals surface area contributed by atoms with Crippen LogP contribution in [-0.4, -0.2) is 34.3 Å². The highest BCUT2D eigenvalue weighted by atomic mass is 19.1. The number of aryl methyl sites for hydroxylation is 1. The maximum absolute atomic E-state index is 13.4. The van der Waals surface area contributed by atoms with Crippen LogP contribution in [-0.2, 0) is 19.0 Å². The van der Waals surface area contributed by atoms with Crippen LogP contribution in [0, 0.1) is 12.7 Å². The third-order valence-electron chi connectivity index (χ3n) is 4.12. The lowest BCUT2D eigenvalue weighted by atomic mass is 9.84. The van der Waals surface area contributed by atoms with Crippen molar-refractivity contribution in [3.05, 3.63) is 47.3 Å². The Hall–Kier alpha value is -2.44. The Balaban J connectivity index is 1.94. The molecule has 1 aromatic carbocycles. The fourth-order valence-corrected chi connectivity index (χ4v) is 2.30. The molecule has 0 saturated heterocycles. The molecule has 0 spiro atoms. The van der Waals surface area contributed by atoms with Gasteiger partial charge in [0.25, 0.3) is 0 Å². The molecule has 130 valence electrons. The van der Waals surface area contributed by atoms with Crippen molar-refractivity contribution in [3.63, 3.8) is 0 Å². The number of nitrogens with zero attached hydrogens (tertiary/aromatic N) is 4. The van der Waals surface area contributed by atoms with E-state index in [2.05, 4.69) is 39.7 Å². The molecule has 0 bridgehead atoms. The van der Waals surface area contributed by atoms with Crippen molar-refractivity contribution >= 4 is 5.96 Å². The van der Waals surface area contributed by atoms with Crippen molar-refractivity contribution in [2.24, 2.45) is 12.0 Å². The van der Waals surface area contributed by atoms with Crippen LogP contribution in [0.4, 0.5) is 4.39 Å². The Morgan fingerprint density at radius 1 is 1.29 bits per heavy atom. The fraction of sp³-hybridized carbons (Fsp3) is 0.471. The predicted molar refractivity (Wildman–Crippen MR) is 93.4 cm³/mol. The van der Waals surface area contributed by atoms with Gasteiger partial charge >= 0.3 is 0 Å². The Kier molecular flexibility index (Phi) is 5.54. The van der Waals surface area contributed by atoms with Crippen LogP contribution in [0.2, 0.25) is 0 Å². The minimum atomic E-state index is -0.235. The monoisotopic (exact) mass is 332 g/mol. The standard InChI is InChI=1S/C17H25FN6/c1-12-22-23-15(24(12)5)10-20-16(19-4)21-11-17(2,3)13-7-6-8-14(18)9-13/h6-9H,10-11H2,1-5H3,(H2,19,20,21). The Morgan fingerprint density at radius 3 is 2.62 bits per heavy atom. The van der Waals surface area contributed by atoms with E-state index in [9.17, 15) is 4.39 Å². The topological polar surface area (TPSA) is 67.1 Å².